The largest absolute Gasteiger partial charge is 0.318 e. The molecule has 3 atom stereocenters. The Bertz CT molecular complexity index is 193. The molecule has 94 valence electrons. The van der Waals surface area contributed by atoms with E-state index < -0.39 is 0 Å². The highest BCUT2D eigenvalue weighted by Crippen LogP contribution is 2.42. The molecule has 0 bridgehead atoms. The summed E-state index contributed by atoms with van der Waals surface area (Å²) in [5.41, 5.74) is 0. The zero-order valence-electron chi connectivity index (χ0n) is 10.8. The zero-order valence-corrected chi connectivity index (χ0v) is 10.8. The lowest BCUT2D eigenvalue weighted by Crippen LogP contribution is -2.34. The van der Waals surface area contributed by atoms with Crippen molar-refractivity contribution in [3.63, 3.8) is 0 Å². The van der Waals surface area contributed by atoms with Crippen molar-refractivity contribution >= 4 is 0 Å². The van der Waals surface area contributed by atoms with E-state index in [1.165, 1.54) is 51.5 Å². The van der Waals surface area contributed by atoms with Crippen molar-refractivity contribution in [2.75, 3.05) is 26.7 Å². The first kappa shape index (κ1) is 12.4. The molecule has 2 N–H and O–H groups in total. The van der Waals surface area contributed by atoms with Crippen molar-refractivity contribution < 1.29 is 0 Å². The summed E-state index contributed by atoms with van der Waals surface area (Å²) >= 11 is 0. The smallest absolute Gasteiger partial charge is 0.00767 e. The van der Waals surface area contributed by atoms with E-state index in [2.05, 4.69) is 10.6 Å². The molecule has 0 saturated heterocycles. The average Bonchev–Trinajstić information content (AvgIpc) is 2.34. The Labute approximate surface area is 101 Å². The van der Waals surface area contributed by atoms with Gasteiger partial charge in [-0.2, -0.15) is 0 Å². The lowest BCUT2D eigenvalue weighted by molar-refractivity contribution is 0.129. The molecule has 0 amide bonds. The molecule has 0 spiro atoms. The maximum Gasteiger partial charge on any atom is 0.00767 e. The van der Waals surface area contributed by atoms with Gasteiger partial charge in [0.2, 0.25) is 0 Å². The predicted octanol–water partition coefficient (Wildman–Crippen LogP) is 2.40. The van der Waals surface area contributed by atoms with E-state index >= 15 is 0 Å². The minimum Gasteiger partial charge on any atom is -0.318 e. The molecule has 2 fully saturated rings. The fourth-order valence-corrected chi connectivity index (χ4v) is 3.68. The number of fused-ring (bicyclic) bond motifs is 1. The fraction of sp³-hybridized carbons (Fsp3) is 1.00. The Morgan fingerprint density at radius 3 is 2.56 bits per heavy atom. The van der Waals surface area contributed by atoms with Gasteiger partial charge < -0.3 is 10.6 Å². The van der Waals surface area contributed by atoms with Gasteiger partial charge in [0.1, 0.15) is 0 Å². The Kier molecular flexibility index (Phi) is 5.11. The molecule has 3 unspecified atom stereocenters. The molecular weight excluding hydrogens is 196 g/mol. The van der Waals surface area contributed by atoms with Crippen LogP contribution in [-0.2, 0) is 0 Å². The average molecular weight is 224 g/mol. The summed E-state index contributed by atoms with van der Waals surface area (Å²) in [6.45, 7) is 3.48. The minimum atomic E-state index is 0.969. The van der Waals surface area contributed by atoms with Gasteiger partial charge >= 0.3 is 0 Å². The molecule has 2 aliphatic rings. The van der Waals surface area contributed by atoms with Crippen LogP contribution in [0.5, 0.6) is 0 Å². The van der Waals surface area contributed by atoms with Crippen molar-refractivity contribution in [1.29, 1.82) is 0 Å². The van der Waals surface area contributed by atoms with Crippen LogP contribution in [0, 0.1) is 17.8 Å². The Balaban J connectivity index is 1.65. The number of nitrogens with one attached hydrogen (secondary N) is 2. The van der Waals surface area contributed by atoms with Crippen molar-refractivity contribution in [3.05, 3.63) is 0 Å². The zero-order chi connectivity index (χ0) is 11.2. The van der Waals surface area contributed by atoms with Gasteiger partial charge in [0.05, 0.1) is 0 Å². The quantitative estimate of drug-likeness (QED) is 0.701. The van der Waals surface area contributed by atoms with E-state index in [0.717, 1.165) is 30.8 Å². The van der Waals surface area contributed by atoms with Crippen molar-refractivity contribution in [2.24, 2.45) is 17.8 Å². The van der Waals surface area contributed by atoms with Gasteiger partial charge in [0, 0.05) is 13.1 Å². The molecule has 2 aliphatic carbocycles. The number of rotatable bonds is 5. The fourth-order valence-electron chi connectivity index (χ4n) is 3.68. The summed E-state index contributed by atoms with van der Waals surface area (Å²) < 4.78 is 0. The van der Waals surface area contributed by atoms with Crippen LogP contribution in [0.2, 0.25) is 0 Å². The lowest BCUT2D eigenvalue weighted by Gasteiger charge is -2.39. The van der Waals surface area contributed by atoms with E-state index in [-0.39, 0.29) is 0 Å². The van der Waals surface area contributed by atoms with Crippen LogP contribution >= 0.6 is 0 Å². The second-order valence-electron chi connectivity index (χ2n) is 5.79. The van der Waals surface area contributed by atoms with Crippen LogP contribution in [0.4, 0.5) is 0 Å². The van der Waals surface area contributed by atoms with Crippen molar-refractivity contribution in [2.45, 2.75) is 44.9 Å². The first-order valence-electron chi connectivity index (χ1n) is 7.25. The minimum absolute atomic E-state index is 0.969. The summed E-state index contributed by atoms with van der Waals surface area (Å²) in [7, 11) is 2.02. The van der Waals surface area contributed by atoms with Crippen LogP contribution in [0.15, 0.2) is 0 Å². The van der Waals surface area contributed by atoms with Crippen molar-refractivity contribution in [1.82, 2.24) is 10.6 Å². The van der Waals surface area contributed by atoms with E-state index in [4.69, 9.17) is 0 Å². The third-order valence-electron chi connectivity index (χ3n) is 4.63. The van der Waals surface area contributed by atoms with Gasteiger partial charge in [0.25, 0.3) is 0 Å². The lowest BCUT2D eigenvalue weighted by atomic mass is 9.67. The van der Waals surface area contributed by atoms with Gasteiger partial charge in [-0.1, -0.05) is 25.7 Å². The van der Waals surface area contributed by atoms with E-state index in [1.54, 1.807) is 0 Å². The summed E-state index contributed by atoms with van der Waals surface area (Å²) in [6, 6.07) is 0. The number of hydrogen-bond acceptors (Lipinski definition) is 2. The van der Waals surface area contributed by atoms with Gasteiger partial charge in [-0.25, -0.2) is 0 Å². The highest BCUT2D eigenvalue weighted by atomic mass is 14.9. The summed E-state index contributed by atoms with van der Waals surface area (Å²) in [5, 5.41) is 6.78. The molecule has 0 aromatic rings. The van der Waals surface area contributed by atoms with Gasteiger partial charge in [0.15, 0.2) is 0 Å². The number of likely N-dealkylation sites (N-methyl/N-ethyl adjacent to an activating group) is 1. The molecule has 0 aromatic carbocycles. The summed E-state index contributed by atoms with van der Waals surface area (Å²) in [6.07, 6.45) is 10.6. The molecule has 2 heteroatoms. The molecule has 2 rings (SSSR count). The summed E-state index contributed by atoms with van der Waals surface area (Å²) in [5.74, 6) is 3.15. The monoisotopic (exact) mass is 224 g/mol. The first-order valence-corrected chi connectivity index (χ1v) is 7.25. The second-order valence-corrected chi connectivity index (χ2v) is 5.79. The van der Waals surface area contributed by atoms with Crippen LogP contribution < -0.4 is 10.6 Å². The SMILES string of the molecule is CNCCNCC1CCC2CCCCC2C1. The third kappa shape index (κ3) is 3.46. The molecule has 0 heterocycles. The predicted molar refractivity (Wildman–Crippen MR) is 69.6 cm³/mol. The Morgan fingerprint density at radius 1 is 0.938 bits per heavy atom. The van der Waals surface area contributed by atoms with Gasteiger partial charge in [-0.05, 0) is 50.6 Å². The van der Waals surface area contributed by atoms with E-state index in [0.29, 0.717) is 0 Å². The molecule has 0 aromatic heterocycles. The number of hydrogen-bond donors (Lipinski definition) is 2. The molecule has 16 heavy (non-hydrogen) atoms. The second kappa shape index (κ2) is 6.61. The first-order chi connectivity index (χ1) is 7.90. The highest BCUT2D eigenvalue weighted by molar-refractivity contribution is 4.83. The molecular formula is C14H28N2. The van der Waals surface area contributed by atoms with E-state index in [9.17, 15) is 0 Å². The molecule has 0 radical (unpaired) electrons. The van der Waals surface area contributed by atoms with Crippen LogP contribution in [-0.4, -0.2) is 26.7 Å². The Hall–Kier alpha value is -0.0800. The van der Waals surface area contributed by atoms with Crippen LogP contribution in [0.3, 0.4) is 0 Å². The van der Waals surface area contributed by atoms with Crippen molar-refractivity contribution in [3.8, 4) is 0 Å². The molecule has 2 saturated carbocycles. The Morgan fingerprint density at radius 2 is 1.75 bits per heavy atom. The van der Waals surface area contributed by atoms with Gasteiger partial charge in [-0.3, -0.25) is 0 Å². The van der Waals surface area contributed by atoms with Gasteiger partial charge in [-0.15, -0.1) is 0 Å². The van der Waals surface area contributed by atoms with Crippen LogP contribution in [0.1, 0.15) is 44.9 Å². The maximum atomic E-state index is 3.59. The topological polar surface area (TPSA) is 24.1 Å². The highest BCUT2D eigenvalue weighted by Gasteiger charge is 2.31. The molecule has 2 nitrogen and oxygen atoms in total. The normalized spacial score (nSPS) is 34.7. The standard InChI is InChI=1S/C14H28N2/c1-15-8-9-16-11-12-6-7-13-4-2-3-5-14(13)10-12/h12-16H,2-11H2,1H3. The maximum absolute atomic E-state index is 3.59. The van der Waals surface area contributed by atoms with Crippen LogP contribution in [0.25, 0.3) is 0 Å². The third-order valence-corrected chi connectivity index (χ3v) is 4.63. The summed E-state index contributed by atoms with van der Waals surface area (Å²) in [4.78, 5) is 0. The molecule has 0 aliphatic heterocycles. The van der Waals surface area contributed by atoms with E-state index in [1.807, 2.05) is 7.05 Å².